The molecule has 1 aromatic carbocycles. The zero-order valence-corrected chi connectivity index (χ0v) is 9.65. The van der Waals surface area contributed by atoms with E-state index in [4.69, 9.17) is 0 Å². The van der Waals surface area contributed by atoms with Gasteiger partial charge in [0.05, 0.1) is 0 Å². The van der Waals surface area contributed by atoms with Gasteiger partial charge in [-0.15, -0.1) is 6.58 Å². The van der Waals surface area contributed by atoms with Gasteiger partial charge in [-0.2, -0.15) is 0 Å². The van der Waals surface area contributed by atoms with Crippen molar-refractivity contribution < 1.29 is 4.79 Å². The zero-order valence-electron chi connectivity index (χ0n) is 9.65. The van der Waals surface area contributed by atoms with Gasteiger partial charge in [0.1, 0.15) is 6.29 Å². The molecule has 1 rings (SSSR count). The Hall–Kier alpha value is -1.37. The van der Waals surface area contributed by atoms with Crippen molar-refractivity contribution in [1.29, 1.82) is 0 Å². The Bertz CT molecular complexity index is 264. The molecular weight excluding hydrogens is 184 g/mol. The summed E-state index contributed by atoms with van der Waals surface area (Å²) in [4.78, 5) is 9.74. The first kappa shape index (κ1) is 13.6. The van der Waals surface area contributed by atoms with E-state index in [1.165, 1.54) is 5.56 Å². The minimum absolute atomic E-state index is 0.255. The van der Waals surface area contributed by atoms with Crippen molar-refractivity contribution in [3.05, 3.63) is 48.6 Å². The molecule has 0 aliphatic rings. The molecule has 0 spiro atoms. The van der Waals surface area contributed by atoms with Gasteiger partial charge in [0.25, 0.3) is 0 Å². The summed E-state index contributed by atoms with van der Waals surface area (Å²) in [6.07, 6.45) is 4.82. The third-order valence-corrected chi connectivity index (χ3v) is 2.10. The number of rotatable bonds is 4. The molecule has 0 saturated carbocycles. The van der Waals surface area contributed by atoms with E-state index in [0.29, 0.717) is 0 Å². The molecule has 1 heteroatoms. The molecule has 0 aliphatic carbocycles. The second-order valence-electron chi connectivity index (χ2n) is 3.50. The molecule has 15 heavy (non-hydrogen) atoms. The molecule has 0 N–H and O–H groups in total. The monoisotopic (exact) mass is 204 g/mol. The number of aldehydes is 1. The summed E-state index contributed by atoms with van der Waals surface area (Å²) >= 11 is 0. The topological polar surface area (TPSA) is 17.1 Å². The quantitative estimate of drug-likeness (QED) is 0.540. The van der Waals surface area contributed by atoms with Crippen LogP contribution in [0.3, 0.4) is 0 Å². The Morgan fingerprint density at radius 3 is 2.27 bits per heavy atom. The second-order valence-corrected chi connectivity index (χ2v) is 3.50. The zero-order chi connectivity index (χ0) is 11.5. The van der Waals surface area contributed by atoms with Crippen LogP contribution >= 0.6 is 0 Å². The van der Waals surface area contributed by atoms with Crippen LogP contribution in [0.25, 0.3) is 0 Å². The molecule has 1 atom stereocenters. The lowest BCUT2D eigenvalue weighted by molar-refractivity contribution is -0.110. The molecule has 0 amide bonds. The third kappa shape index (κ3) is 7.68. The fourth-order valence-corrected chi connectivity index (χ4v) is 0.877. The largest absolute Gasteiger partial charge is 0.303 e. The van der Waals surface area contributed by atoms with Crippen molar-refractivity contribution in [3.8, 4) is 0 Å². The predicted molar refractivity (Wildman–Crippen MR) is 65.9 cm³/mol. The van der Waals surface area contributed by atoms with E-state index in [-0.39, 0.29) is 5.92 Å². The highest BCUT2D eigenvalue weighted by molar-refractivity contribution is 5.52. The molecule has 0 heterocycles. The van der Waals surface area contributed by atoms with Crippen LogP contribution in [0.5, 0.6) is 0 Å². The summed E-state index contributed by atoms with van der Waals surface area (Å²) in [5, 5.41) is 0. The van der Waals surface area contributed by atoms with E-state index < -0.39 is 0 Å². The second kappa shape index (κ2) is 9.20. The SMILES string of the molecule is C=CCc1ccccc1.CCC(C)C=O. The van der Waals surface area contributed by atoms with Crippen LogP contribution in [-0.2, 0) is 11.2 Å². The number of hydrogen-bond donors (Lipinski definition) is 0. The summed E-state index contributed by atoms with van der Waals surface area (Å²) in [5.74, 6) is 0.255. The summed E-state index contributed by atoms with van der Waals surface area (Å²) in [5.41, 5.74) is 1.33. The molecule has 1 nitrogen and oxygen atoms in total. The molecular formula is C14H20O. The highest BCUT2D eigenvalue weighted by atomic mass is 16.1. The van der Waals surface area contributed by atoms with E-state index in [0.717, 1.165) is 19.1 Å². The Morgan fingerprint density at radius 2 is 1.93 bits per heavy atom. The van der Waals surface area contributed by atoms with Crippen LogP contribution in [0.2, 0.25) is 0 Å². The lowest BCUT2D eigenvalue weighted by Crippen LogP contribution is -1.89. The summed E-state index contributed by atoms with van der Waals surface area (Å²) in [6, 6.07) is 10.3. The van der Waals surface area contributed by atoms with Crippen LogP contribution < -0.4 is 0 Å². The van der Waals surface area contributed by atoms with E-state index >= 15 is 0 Å². The van der Waals surface area contributed by atoms with Crippen molar-refractivity contribution >= 4 is 6.29 Å². The first-order valence-corrected chi connectivity index (χ1v) is 5.34. The number of hydrogen-bond acceptors (Lipinski definition) is 1. The summed E-state index contributed by atoms with van der Waals surface area (Å²) < 4.78 is 0. The van der Waals surface area contributed by atoms with Crippen molar-refractivity contribution in [2.24, 2.45) is 5.92 Å². The van der Waals surface area contributed by atoms with E-state index in [1.807, 2.05) is 38.1 Å². The normalized spacial score (nSPS) is 10.8. The maximum absolute atomic E-state index is 9.74. The Kier molecular flexibility index (Phi) is 8.36. The van der Waals surface area contributed by atoms with Gasteiger partial charge in [0.2, 0.25) is 0 Å². The van der Waals surface area contributed by atoms with E-state index in [1.54, 1.807) is 0 Å². The number of allylic oxidation sites excluding steroid dienone is 1. The Labute approximate surface area is 92.8 Å². The fraction of sp³-hybridized carbons (Fsp3) is 0.357. The van der Waals surface area contributed by atoms with Crippen LogP contribution in [0.4, 0.5) is 0 Å². The van der Waals surface area contributed by atoms with Gasteiger partial charge >= 0.3 is 0 Å². The average molecular weight is 204 g/mol. The minimum Gasteiger partial charge on any atom is -0.303 e. The van der Waals surface area contributed by atoms with Crippen LogP contribution in [-0.4, -0.2) is 6.29 Å². The first-order chi connectivity index (χ1) is 7.24. The van der Waals surface area contributed by atoms with Crippen molar-refractivity contribution in [2.75, 3.05) is 0 Å². The third-order valence-electron chi connectivity index (χ3n) is 2.10. The Morgan fingerprint density at radius 1 is 1.33 bits per heavy atom. The highest BCUT2D eigenvalue weighted by Crippen LogP contribution is 1.98. The molecule has 0 fully saturated rings. The smallest absolute Gasteiger partial charge is 0.122 e. The van der Waals surface area contributed by atoms with Gasteiger partial charge in [-0.25, -0.2) is 0 Å². The average Bonchev–Trinajstić information content (AvgIpc) is 2.31. The maximum atomic E-state index is 9.74. The summed E-state index contributed by atoms with van der Waals surface area (Å²) in [7, 11) is 0. The highest BCUT2D eigenvalue weighted by Gasteiger charge is 1.89. The molecule has 0 radical (unpaired) electrons. The van der Waals surface area contributed by atoms with Gasteiger partial charge in [-0.3, -0.25) is 0 Å². The molecule has 0 saturated heterocycles. The van der Waals surface area contributed by atoms with E-state index in [2.05, 4.69) is 18.7 Å². The molecule has 82 valence electrons. The molecule has 0 bridgehead atoms. The van der Waals surface area contributed by atoms with Gasteiger partial charge in [0, 0.05) is 5.92 Å². The van der Waals surface area contributed by atoms with Gasteiger partial charge in [-0.1, -0.05) is 50.3 Å². The number of carbonyl (C=O) groups is 1. The Balaban J connectivity index is 0.000000288. The van der Waals surface area contributed by atoms with Crippen molar-refractivity contribution in [3.63, 3.8) is 0 Å². The lowest BCUT2D eigenvalue weighted by Gasteiger charge is -1.91. The predicted octanol–water partition coefficient (Wildman–Crippen LogP) is 3.65. The standard InChI is InChI=1S/C9H10.C5H10O/c1-2-6-9-7-4-3-5-8-9;1-3-5(2)4-6/h2-5,7-8H,1,6H2;4-5H,3H2,1-2H3. The van der Waals surface area contributed by atoms with Gasteiger partial charge < -0.3 is 4.79 Å². The van der Waals surface area contributed by atoms with Crippen molar-refractivity contribution in [2.45, 2.75) is 26.7 Å². The maximum Gasteiger partial charge on any atom is 0.122 e. The van der Waals surface area contributed by atoms with E-state index in [9.17, 15) is 4.79 Å². The molecule has 1 unspecified atom stereocenters. The molecule has 0 aromatic heterocycles. The number of carbonyl (C=O) groups excluding carboxylic acids is 1. The number of benzene rings is 1. The van der Waals surface area contributed by atoms with Crippen LogP contribution in [0.1, 0.15) is 25.8 Å². The van der Waals surface area contributed by atoms with Crippen molar-refractivity contribution in [1.82, 2.24) is 0 Å². The molecule has 1 aromatic rings. The first-order valence-electron chi connectivity index (χ1n) is 5.34. The van der Waals surface area contributed by atoms with Crippen LogP contribution in [0, 0.1) is 5.92 Å². The minimum atomic E-state index is 0.255. The molecule has 0 aliphatic heterocycles. The fourth-order valence-electron chi connectivity index (χ4n) is 0.877. The summed E-state index contributed by atoms with van der Waals surface area (Å²) in [6.45, 7) is 7.56. The van der Waals surface area contributed by atoms with Crippen LogP contribution in [0.15, 0.2) is 43.0 Å². The lowest BCUT2D eigenvalue weighted by atomic mass is 10.2. The van der Waals surface area contributed by atoms with Gasteiger partial charge in [-0.05, 0) is 18.4 Å². The van der Waals surface area contributed by atoms with Gasteiger partial charge in [0.15, 0.2) is 0 Å².